The number of anilines is 2. The summed E-state index contributed by atoms with van der Waals surface area (Å²) in [6.45, 7) is 2.65. The van der Waals surface area contributed by atoms with Crippen LogP contribution in [0.5, 0.6) is 5.75 Å². The maximum Gasteiger partial charge on any atom is 0.573 e. The van der Waals surface area contributed by atoms with Crippen molar-refractivity contribution in [3.8, 4) is 5.75 Å². The van der Waals surface area contributed by atoms with E-state index in [-0.39, 0.29) is 18.1 Å². The molecular formula is C21H19F4N5O2. The van der Waals surface area contributed by atoms with Crippen molar-refractivity contribution < 1.29 is 22.3 Å². The Morgan fingerprint density at radius 3 is 2.12 bits per heavy atom. The van der Waals surface area contributed by atoms with E-state index in [9.17, 15) is 22.4 Å². The SMILES string of the molecule is O=c1nc(N2CCN(c3ccc(F)cc3)CC2)ncn1Cc1ccc(OC(F)(F)F)cc1. The Labute approximate surface area is 180 Å². The lowest BCUT2D eigenvalue weighted by molar-refractivity contribution is -0.274. The number of aromatic nitrogens is 3. The molecule has 1 aliphatic rings. The average Bonchev–Trinajstić information content (AvgIpc) is 2.76. The van der Waals surface area contributed by atoms with Crippen LogP contribution in [0.2, 0.25) is 0 Å². The topological polar surface area (TPSA) is 63.5 Å². The van der Waals surface area contributed by atoms with E-state index < -0.39 is 12.1 Å². The van der Waals surface area contributed by atoms with Crippen molar-refractivity contribution in [2.75, 3.05) is 36.0 Å². The fraction of sp³-hybridized carbons (Fsp3) is 0.286. The monoisotopic (exact) mass is 449 g/mol. The fourth-order valence-electron chi connectivity index (χ4n) is 3.42. The van der Waals surface area contributed by atoms with Crippen molar-refractivity contribution in [2.45, 2.75) is 12.9 Å². The standard InChI is InChI=1S/C21H19F4N5O2/c22-16-3-5-17(6-4-16)28-9-11-29(12-10-28)19-26-14-30(20(31)27-19)13-15-1-7-18(8-2-15)32-21(23,24)25/h1-8,14H,9-13H2. The minimum atomic E-state index is -4.76. The van der Waals surface area contributed by atoms with Gasteiger partial charge in [0.05, 0.1) is 6.54 Å². The molecule has 0 spiro atoms. The van der Waals surface area contributed by atoms with Crippen LogP contribution in [-0.4, -0.2) is 47.1 Å². The quantitative estimate of drug-likeness (QED) is 0.558. The molecular weight excluding hydrogens is 430 g/mol. The van der Waals surface area contributed by atoms with E-state index >= 15 is 0 Å². The second kappa shape index (κ2) is 8.85. The van der Waals surface area contributed by atoms with Gasteiger partial charge in [-0.25, -0.2) is 14.2 Å². The van der Waals surface area contributed by atoms with Gasteiger partial charge in [0, 0.05) is 31.9 Å². The van der Waals surface area contributed by atoms with Gasteiger partial charge in [-0.1, -0.05) is 12.1 Å². The van der Waals surface area contributed by atoms with E-state index in [2.05, 4.69) is 19.6 Å². The van der Waals surface area contributed by atoms with E-state index in [4.69, 9.17) is 0 Å². The normalized spacial score (nSPS) is 14.5. The summed E-state index contributed by atoms with van der Waals surface area (Å²) in [5, 5.41) is 0. The molecule has 2 aromatic carbocycles. The molecule has 2 heterocycles. The Morgan fingerprint density at radius 1 is 0.906 bits per heavy atom. The number of rotatable bonds is 5. The molecule has 0 saturated carbocycles. The predicted molar refractivity (Wildman–Crippen MR) is 109 cm³/mol. The zero-order chi connectivity index (χ0) is 22.7. The van der Waals surface area contributed by atoms with E-state index in [1.54, 1.807) is 12.1 Å². The molecule has 7 nitrogen and oxygen atoms in total. The largest absolute Gasteiger partial charge is 0.573 e. The van der Waals surface area contributed by atoms with Crippen LogP contribution in [-0.2, 0) is 6.54 Å². The highest BCUT2D eigenvalue weighted by Crippen LogP contribution is 2.23. The summed E-state index contributed by atoms with van der Waals surface area (Å²) in [6.07, 6.45) is -3.39. The number of piperazine rings is 1. The maximum absolute atomic E-state index is 13.1. The lowest BCUT2D eigenvalue weighted by Crippen LogP contribution is -2.47. The molecule has 0 N–H and O–H groups in total. The summed E-state index contributed by atoms with van der Waals surface area (Å²) in [5.41, 5.74) is 1.02. The molecule has 1 aromatic heterocycles. The van der Waals surface area contributed by atoms with E-state index in [1.165, 1.54) is 47.3 Å². The van der Waals surface area contributed by atoms with Gasteiger partial charge in [-0.15, -0.1) is 13.2 Å². The third-order valence-corrected chi connectivity index (χ3v) is 5.02. The molecule has 1 fully saturated rings. The average molecular weight is 449 g/mol. The van der Waals surface area contributed by atoms with Gasteiger partial charge in [0.15, 0.2) is 0 Å². The number of hydrogen-bond donors (Lipinski definition) is 0. The summed E-state index contributed by atoms with van der Waals surface area (Å²) in [7, 11) is 0. The molecule has 0 atom stereocenters. The molecule has 1 saturated heterocycles. The Bertz CT molecular complexity index is 1110. The van der Waals surface area contributed by atoms with Crippen LogP contribution in [0.25, 0.3) is 0 Å². The number of nitrogens with zero attached hydrogens (tertiary/aromatic N) is 5. The highest BCUT2D eigenvalue weighted by atomic mass is 19.4. The van der Waals surface area contributed by atoms with Crippen molar-refractivity contribution in [1.29, 1.82) is 0 Å². The zero-order valence-corrected chi connectivity index (χ0v) is 16.8. The van der Waals surface area contributed by atoms with Gasteiger partial charge in [-0.05, 0) is 42.0 Å². The number of alkyl halides is 3. The Kier molecular flexibility index (Phi) is 5.97. The van der Waals surface area contributed by atoms with Crippen molar-refractivity contribution in [1.82, 2.24) is 14.5 Å². The van der Waals surface area contributed by atoms with Crippen molar-refractivity contribution >= 4 is 11.6 Å². The molecule has 1 aliphatic heterocycles. The first-order valence-electron chi connectivity index (χ1n) is 9.80. The molecule has 0 radical (unpaired) electrons. The van der Waals surface area contributed by atoms with Gasteiger partial charge >= 0.3 is 12.1 Å². The third-order valence-electron chi connectivity index (χ3n) is 5.02. The van der Waals surface area contributed by atoms with Gasteiger partial charge in [0.25, 0.3) is 0 Å². The third kappa shape index (κ3) is 5.34. The number of benzene rings is 2. The lowest BCUT2D eigenvalue weighted by atomic mass is 10.2. The summed E-state index contributed by atoms with van der Waals surface area (Å²) >= 11 is 0. The van der Waals surface area contributed by atoms with E-state index in [0.29, 0.717) is 37.7 Å². The van der Waals surface area contributed by atoms with E-state index in [0.717, 1.165) is 5.69 Å². The minimum Gasteiger partial charge on any atom is -0.406 e. The zero-order valence-electron chi connectivity index (χ0n) is 16.8. The molecule has 168 valence electrons. The molecule has 3 aromatic rings. The predicted octanol–water partition coefficient (Wildman–Crippen LogP) is 3.05. The van der Waals surface area contributed by atoms with Gasteiger partial charge < -0.3 is 14.5 Å². The number of hydrogen-bond acceptors (Lipinski definition) is 6. The van der Waals surface area contributed by atoms with Crippen LogP contribution in [0.3, 0.4) is 0 Å². The molecule has 0 amide bonds. The number of ether oxygens (including phenoxy) is 1. The first-order valence-corrected chi connectivity index (χ1v) is 9.80. The van der Waals surface area contributed by atoms with Gasteiger partial charge in [0.1, 0.15) is 17.9 Å². The Hall–Kier alpha value is -3.63. The lowest BCUT2D eigenvalue weighted by Gasteiger charge is -2.36. The molecule has 4 rings (SSSR count). The molecule has 32 heavy (non-hydrogen) atoms. The van der Waals surface area contributed by atoms with Crippen molar-refractivity contribution in [2.24, 2.45) is 0 Å². The van der Waals surface area contributed by atoms with Crippen LogP contribution >= 0.6 is 0 Å². The van der Waals surface area contributed by atoms with E-state index in [1.807, 2.05) is 4.90 Å². The molecule has 0 unspecified atom stereocenters. The van der Waals surface area contributed by atoms with Crippen molar-refractivity contribution in [3.05, 3.63) is 76.7 Å². The van der Waals surface area contributed by atoms with Crippen LogP contribution in [0.15, 0.2) is 59.7 Å². The Balaban J connectivity index is 1.37. The number of halogens is 4. The highest BCUT2D eigenvalue weighted by Gasteiger charge is 2.31. The first kappa shape index (κ1) is 21.6. The van der Waals surface area contributed by atoms with Crippen LogP contribution in [0, 0.1) is 5.82 Å². The summed E-state index contributed by atoms with van der Waals surface area (Å²) in [6, 6.07) is 11.5. The van der Waals surface area contributed by atoms with Crippen LogP contribution < -0.4 is 20.2 Å². The minimum absolute atomic E-state index is 0.115. The van der Waals surface area contributed by atoms with Gasteiger partial charge in [-0.3, -0.25) is 4.57 Å². The highest BCUT2D eigenvalue weighted by molar-refractivity contribution is 5.48. The first-order chi connectivity index (χ1) is 15.3. The Morgan fingerprint density at radius 2 is 1.53 bits per heavy atom. The van der Waals surface area contributed by atoms with Crippen LogP contribution in [0.4, 0.5) is 29.2 Å². The summed E-state index contributed by atoms with van der Waals surface area (Å²) < 4.78 is 55.0. The molecule has 0 aliphatic carbocycles. The summed E-state index contributed by atoms with van der Waals surface area (Å²) in [5.74, 6) is -0.300. The second-order valence-corrected chi connectivity index (χ2v) is 7.21. The molecule has 11 heteroatoms. The molecule has 0 bridgehead atoms. The van der Waals surface area contributed by atoms with Crippen LogP contribution in [0.1, 0.15) is 5.56 Å². The maximum atomic E-state index is 13.1. The van der Waals surface area contributed by atoms with Gasteiger partial charge in [0.2, 0.25) is 5.95 Å². The fourth-order valence-corrected chi connectivity index (χ4v) is 3.42. The van der Waals surface area contributed by atoms with Crippen molar-refractivity contribution in [3.63, 3.8) is 0 Å². The summed E-state index contributed by atoms with van der Waals surface area (Å²) in [4.78, 5) is 24.8. The van der Waals surface area contributed by atoms with Gasteiger partial charge in [-0.2, -0.15) is 4.98 Å². The smallest absolute Gasteiger partial charge is 0.406 e. The second-order valence-electron chi connectivity index (χ2n) is 7.21.